The van der Waals surface area contributed by atoms with Gasteiger partial charge in [0, 0.05) is 50.2 Å². The zero-order valence-electron chi connectivity index (χ0n) is 28.7. The number of ether oxygens (including phenoxy) is 1. The minimum absolute atomic E-state index is 0.0762. The molecule has 0 spiro atoms. The first-order valence-corrected chi connectivity index (χ1v) is 16.6. The number of rotatable bonds is 14. The number of nitrogens with one attached hydrogen (secondary N) is 3. The van der Waals surface area contributed by atoms with Crippen LogP contribution in [-0.2, 0) is 11.3 Å². The molecule has 0 saturated heterocycles. The topological polar surface area (TPSA) is 147 Å². The quantitative estimate of drug-likeness (QED) is 0.115. The number of hydrogen-bond donors (Lipinski definition) is 3. The lowest BCUT2D eigenvalue weighted by molar-refractivity contribution is -0.118. The molecule has 0 radical (unpaired) electrons. The van der Waals surface area contributed by atoms with Gasteiger partial charge in [0.2, 0.25) is 5.91 Å². The standard InChI is InChI=1S/C37H44N8O4/c1-24(2)31-19-29(27-10-6-12-30(18-27)49-17-9-15-44-23-38-22-41-44)20-32(25(3)4)34(31)42-37(48)45(16-8-14-39-26(5)46)33-21-28-11-7-13-40-35(28)43-36(33)47/h6-7,10-13,18-25H,8-9,14-17H2,1-5H3,(H,39,46)(H,42,48)(H,40,43,47). The maximum atomic E-state index is 14.2. The summed E-state index contributed by atoms with van der Waals surface area (Å²) >= 11 is 0. The smallest absolute Gasteiger partial charge is 0.326 e. The van der Waals surface area contributed by atoms with Crippen molar-refractivity contribution < 1.29 is 14.3 Å². The van der Waals surface area contributed by atoms with Crippen LogP contribution in [-0.4, -0.2) is 56.4 Å². The van der Waals surface area contributed by atoms with Crippen LogP contribution in [0.25, 0.3) is 22.2 Å². The highest BCUT2D eigenvalue weighted by atomic mass is 16.5. The molecule has 0 atom stereocenters. The predicted octanol–water partition coefficient (Wildman–Crippen LogP) is 6.46. The fourth-order valence-corrected chi connectivity index (χ4v) is 5.67. The molecule has 0 saturated carbocycles. The van der Waals surface area contributed by atoms with Gasteiger partial charge in [-0.2, -0.15) is 5.10 Å². The number of pyridine rings is 2. The third-order valence-corrected chi connectivity index (χ3v) is 8.17. The molecule has 0 aliphatic rings. The number of anilines is 2. The second-order valence-electron chi connectivity index (χ2n) is 12.6. The minimum Gasteiger partial charge on any atom is -0.494 e. The van der Waals surface area contributed by atoms with Gasteiger partial charge in [-0.1, -0.05) is 39.8 Å². The molecule has 12 heteroatoms. The van der Waals surface area contributed by atoms with E-state index in [9.17, 15) is 14.4 Å². The lowest BCUT2D eigenvalue weighted by Crippen LogP contribution is -2.40. The Morgan fingerprint density at radius 2 is 1.76 bits per heavy atom. The van der Waals surface area contributed by atoms with Crippen molar-refractivity contribution in [3.63, 3.8) is 0 Å². The molecular formula is C37H44N8O4. The summed E-state index contributed by atoms with van der Waals surface area (Å²) < 4.78 is 7.86. The van der Waals surface area contributed by atoms with E-state index in [0.29, 0.717) is 30.6 Å². The minimum atomic E-state index is -0.436. The van der Waals surface area contributed by atoms with Crippen LogP contribution in [0.5, 0.6) is 5.75 Å². The van der Waals surface area contributed by atoms with Gasteiger partial charge < -0.3 is 20.4 Å². The molecule has 0 aliphatic heterocycles. The Morgan fingerprint density at radius 1 is 0.980 bits per heavy atom. The first kappa shape index (κ1) is 34.8. The number of fused-ring (bicyclic) bond motifs is 1. The average molecular weight is 665 g/mol. The predicted molar refractivity (Wildman–Crippen MR) is 192 cm³/mol. The van der Waals surface area contributed by atoms with Gasteiger partial charge in [0.05, 0.1) is 6.61 Å². The SMILES string of the molecule is CC(=O)NCCCN(C(=O)Nc1c(C(C)C)cc(-c2cccc(OCCCn3cncn3)c2)cc1C(C)C)c1cc2cccnc2[nH]c1=O. The molecule has 3 heterocycles. The number of hydrogen-bond acceptors (Lipinski definition) is 7. The van der Waals surface area contributed by atoms with Crippen molar-refractivity contribution in [1.82, 2.24) is 30.0 Å². The number of urea groups is 1. The number of amides is 3. The summed E-state index contributed by atoms with van der Waals surface area (Å²) in [6.45, 7) is 11.7. The van der Waals surface area contributed by atoms with Crippen LogP contribution in [0.2, 0.25) is 0 Å². The number of benzene rings is 2. The fraction of sp³-hybridized carbons (Fsp3) is 0.351. The van der Waals surface area contributed by atoms with Crippen molar-refractivity contribution in [2.45, 2.75) is 65.8 Å². The van der Waals surface area contributed by atoms with E-state index < -0.39 is 11.6 Å². The first-order valence-electron chi connectivity index (χ1n) is 16.6. The summed E-state index contributed by atoms with van der Waals surface area (Å²) in [5.74, 6) is 0.769. The van der Waals surface area contributed by atoms with Crippen LogP contribution in [0.1, 0.15) is 70.4 Å². The van der Waals surface area contributed by atoms with Crippen LogP contribution in [0.15, 0.2) is 78.2 Å². The maximum Gasteiger partial charge on any atom is 0.326 e. The van der Waals surface area contributed by atoms with E-state index in [1.54, 1.807) is 29.3 Å². The molecule has 5 aromatic rings. The van der Waals surface area contributed by atoms with Crippen molar-refractivity contribution >= 4 is 34.3 Å². The third-order valence-electron chi connectivity index (χ3n) is 8.17. The van der Waals surface area contributed by atoms with Crippen molar-refractivity contribution in [3.8, 4) is 16.9 Å². The van der Waals surface area contributed by atoms with Gasteiger partial charge in [0.25, 0.3) is 5.56 Å². The number of aromatic amines is 1. The molecule has 2 aromatic carbocycles. The molecule has 5 rings (SSSR count). The highest BCUT2D eigenvalue weighted by Gasteiger charge is 2.24. The van der Waals surface area contributed by atoms with E-state index in [2.05, 4.69) is 76.6 Å². The Hall–Kier alpha value is -5.52. The molecular weight excluding hydrogens is 620 g/mol. The Bertz CT molecular complexity index is 1920. The average Bonchev–Trinajstić information content (AvgIpc) is 3.60. The van der Waals surface area contributed by atoms with Crippen LogP contribution in [0.3, 0.4) is 0 Å². The molecule has 3 N–H and O–H groups in total. The van der Waals surface area contributed by atoms with E-state index in [0.717, 1.165) is 46.7 Å². The van der Waals surface area contributed by atoms with Gasteiger partial charge >= 0.3 is 6.03 Å². The zero-order chi connectivity index (χ0) is 34.9. The highest BCUT2D eigenvalue weighted by molar-refractivity contribution is 6.03. The van der Waals surface area contributed by atoms with Crippen molar-refractivity contribution in [3.05, 3.63) is 94.9 Å². The Labute approximate surface area is 285 Å². The van der Waals surface area contributed by atoms with Crippen molar-refractivity contribution in [1.29, 1.82) is 0 Å². The summed E-state index contributed by atoms with van der Waals surface area (Å²) in [5, 5.41) is 10.8. The monoisotopic (exact) mass is 664 g/mol. The lowest BCUT2D eigenvalue weighted by Gasteiger charge is -2.27. The van der Waals surface area contributed by atoms with Crippen LogP contribution in [0, 0.1) is 0 Å². The summed E-state index contributed by atoms with van der Waals surface area (Å²) in [4.78, 5) is 51.5. The Balaban J connectivity index is 1.44. The van der Waals surface area contributed by atoms with E-state index in [1.165, 1.54) is 18.2 Å². The number of carbonyl (C=O) groups is 2. The number of aromatic nitrogens is 5. The molecule has 3 aromatic heterocycles. The van der Waals surface area contributed by atoms with Crippen LogP contribution < -0.4 is 25.8 Å². The van der Waals surface area contributed by atoms with Crippen LogP contribution >= 0.6 is 0 Å². The van der Waals surface area contributed by atoms with E-state index in [1.807, 2.05) is 24.3 Å². The molecule has 0 bridgehead atoms. The van der Waals surface area contributed by atoms with Gasteiger partial charge in [0.15, 0.2) is 0 Å². The maximum absolute atomic E-state index is 14.2. The number of carbonyl (C=O) groups excluding carboxylic acids is 2. The van der Waals surface area contributed by atoms with Gasteiger partial charge in [-0.25, -0.2) is 14.8 Å². The van der Waals surface area contributed by atoms with E-state index in [-0.39, 0.29) is 30.0 Å². The second kappa shape index (κ2) is 16.1. The molecule has 3 amide bonds. The molecule has 0 unspecified atom stereocenters. The summed E-state index contributed by atoms with van der Waals surface area (Å²) in [7, 11) is 0. The number of H-pyrrole nitrogens is 1. The van der Waals surface area contributed by atoms with E-state index >= 15 is 0 Å². The first-order chi connectivity index (χ1) is 23.6. The molecule has 256 valence electrons. The summed E-state index contributed by atoms with van der Waals surface area (Å²) in [6, 6.07) is 17.1. The number of aryl methyl sites for hydroxylation is 1. The molecule has 0 aliphatic carbocycles. The third kappa shape index (κ3) is 8.89. The Kier molecular flexibility index (Phi) is 11.4. The van der Waals surface area contributed by atoms with Gasteiger partial charge in [-0.05, 0) is 83.0 Å². The molecule has 0 fully saturated rings. The van der Waals surface area contributed by atoms with Gasteiger partial charge in [-0.15, -0.1) is 0 Å². The van der Waals surface area contributed by atoms with Gasteiger partial charge in [-0.3, -0.25) is 19.2 Å². The second-order valence-corrected chi connectivity index (χ2v) is 12.6. The van der Waals surface area contributed by atoms with Gasteiger partial charge in [0.1, 0.15) is 29.7 Å². The number of nitrogens with zero attached hydrogens (tertiary/aromatic N) is 5. The van der Waals surface area contributed by atoms with E-state index in [4.69, 9.17) is 4.74 Å². The summed E-state index contributed by atoms with van der Waals surface area (Å²) in [6.07, 6.45) is 6.06. The van der Waals surface area contributed by atoms with Crippen LogP contribution in [0.4, 0.5) is 16.2 Å². The van der Waals surface area contributed by atoms with Crippen molar-refractivity contribution in [2.24, 2.45) is 0 Å². The Morgan fingerprint density at radius 3 is 2.45 bits per heavy atom. The largest absolute Gasteiger partial charge is 0.494 e. The molecule has 49 heavy (non-hydrogen) atoms. The fourth-order valence-electron chi connectivity index (χ4n) is 5.67. The normalized spacial score (nSPS) is 11.2. The molecule has 12 nitrogen and oxygen atoms in total. The highest BCUT2D eigenvalue weighted by Crippen LogP contribution is 2.38. The lowest BCUT2D eigenvalue weighted by atomic mass is 9.88. The summed E-state index contributed by atoms with van der Waals surface area (Å²) in [5.41, 5.74) is 4.92. The zero-order valence-corrected chi connectivity index (χ0v) is 28.7. The van der Waals surface area contributed by atoms with Crippen molar-refractivity contribution in [2.75, 3.05) is 29.9 Å².